The average molecular weight is 133 g/mol. The summed E-state index contributed by atoms with van der Waals surface area (Å²) in [6.45, 7) is 3.88. The van der Waals surface area contributed by atoms with Gasteiger partial charge in [0.15, 0.2) is 0 Å². The number of hydrogen-bond acceptors (Lipinski definition) is 2. The van der Waals surface area contributed by atoms with Crippen LogP contribution in [0.5, 0.6) is 0 Å². The van der Waals surface area contributed by atoms with Crippen LogP contribution < -0.4 is 5.32 Å². The van der Waals surface area contributed by atoms with E-state index in [0.29, 0.717) is 0 Å². The minimum atomic E-state index is -1.16. The van der Waals surface area contributed by atoms with E-state index in [2.05, 4.69) is 5.32 Å². The average Bonchev–Trinajstić information content (AvgIpc) is 1.65. The maximum absolute atomic E-state index is 10.3. The zero-order valence-corrected chi connectivity index (χ0v) is 6.55. The second-order valence-electron chi connectivity index (χ2n) is 1.70. The van der Waals surface area contributed by atoms with Crippen molar-refractivity contribution in [1.82, 2.24) is 5.32 Å². The fraction of sp³-hybridized carbons (Fsp3) is 0.750. The molecule has 4 heteroatoms. The molecule has 0 rings (SSSR count). The van der Waals surface area contributed by atoms with E-state index < -0.39 is 9.04 Å². The summed E-state index contributed by atoms with van der Waals surface area (Å²) in [5.41, 5.74) is 0. The van der Waals surface area contributed by atoms with Crippen LogP contribution in [0.2, 0.25) is 13.1 Å². The Morgan fingerprint density at radius 3 is 2.25 bits per heavy atom. The fourth-order valence-corrected chi connectivity index (χ4v) is 0.819. The molecule has 3 nitrogen and oxygen atoms in total. The quantitative estimate of drug-likeness (QED) is 0.523. The van der Waals surface area contributed by atoms with Gasteiger partial charge in [0, 0.05) is 7.05 Å². The summed E-state index contributed by atoms with van der Waals surface area (Å²) in [5, 5.41) is 2.37. The number of amides is 1. The Balaban J connectivity index is 3.25. The minimum absolute atomic E-state index is 0.313. The number of nitrogens with one attached hydrogen (secondary N) is 1. The van der Waals surface area contributed by atoms with Crippen LogP contribution in [0.3, 0.4) is 0 Å². The lowest BCUT2D eigenvalue weighted by molar-refractivity contribution is 0.203. The molecule has 0 unspecified atom stereocenters. The van der Waals surface area contributed by atoms with Crippen LogP contribution in [0.4, 0.5) is 4.79 Å². The van der Waals surface area contributed by atoms with Gasteiger partial charge in [0.1, 0.15) is 0 Å². The van der Waals surface area contributed by atoms with Gasteiger partial charge in [0.25, 0.3) is 0 Å². The van der Waals surface area contributed by atoms with Crippen molar-refractivity contribution in [1.29, 1.82) is 0 Å². The first-order chi connectivity index (χ1) is 3.66. The van der Waals surface area contributed by atoms with Gasteiger partial charge < -0.3 is 9.74 Å². The van der Waals surface area contributed by atoms with E-state index in [0.717, 1.165) is 0 Å². The highest BCUT2D eigenvalue weighted by Crippen LogP contribution is 1.82. The summed E-state index contributed by atoms with van der Waals surface area (Å²) < 4.78 is 4.79. The van der Waals surface area contributed by atoms with Gasteiger partial charge in [-0.25, -0.2) is 4.79 Å². The van der Waals surface area contributed by atoms with Crippen molar-refractivity contribution in [2.24, 2.45) is 0 Å². The fourth-order valence-electron chi connectivity index (χ4n) is 0.273. The third-order valence-electron chi connectivity index (χ3n) is 0.547. The molecule has 1 N–H and O–H groups in total. The highest BCUT2D eigenvalue weighted by molar-refractivity contribution is 6.50. The summed E-state index contributed by atoms with van der Waals surface area (Å²) in [6.07, 6.45) is -0.313. The van der Waals surface area contributed by atoms with Gasteiger partial charge in [-0.1, -0.05) is 0 Å². The smallest absolute Gasteiger partial charge is 0.393 e. The molecule has 0 saturated heterocycles. The topological polar surface area (TPSA) is 38.3 Å². The maximum atomic E-state index is 10.3. The summed E-state index contributed by atoms with van der Waals surface area (Å²) >= 11 is 0. The molecule has 0 bridgehead atoms. The molecule has 0 fully saturated rings. The minimum Gasteiger partial charge on any atom is -0.507 e. The highest BCUT2D eigenvalue weighted by atomic mass is 28.3. The molecular weight excluding hydrogens is 122 g/mol. The maximum Gasteiger partial charge on any atom is 0.393 e. The van der Waals surface area contributed by atoms with E-state index in [9.17, 15) is 4.79 Å². The van der Waals surface area contributed by atoms with Crippen molar-refractivity contribution in [3.8, 4) is 0 Å². The van der Waals surface area contributed by atoms with Crippen LogP contribution in [0.25, 0.3) is 0 Å². The van der Waals surface area contributed by atoms with Crippen molar-refractivity contribution in [3.63, 3.8) is 0 Å². The molecule has 0 aromatic heterocycles. The van der Waals surface area contributed by atoms with Gasteiger partial charge in [-0.2, -0.15) is 0 Å². The van der Waals surface area contributed by atoms with Crippen LogP contribution in [0.15, 0.2) is 0 Å². The normalized spacial score (nSPS) is 9.00. The Bertz CT molecular complexity index is 84.1. The van der Waals surface area contributed by atoms with Gasteiger partial charge in [0.2, 0.25) is 9.04 Å². The molecule has 0 aromatic rings. The molecule has 0 aromatic carbocycles. The predicted octanol–water partition coefficient (Wildman–Crippen LogP) is 0.326. The molecule has 1 amide bonds. The monoisotopic (exact) mass is 133 g/mol. The standard InChI is InChI=1S/C4H11NO2Si/c1-5-4(6)7-8(2)3/h8H,1-3H3,(H,5,6). The van der Waals surface area contributed by atoms with Crippen molar-refractivity contribution in [2.75, 3.05) is 7.05 Å². The molecular formula is C4H11NO2Si. The lowest BCUT2D eigenvalue weighted by atomic mass is 11.1. The van der Waals surface area contributed by atoms with Crippen LogP contribution in [-0.4, -0.2) is 22.2 Å². The molecule has 48 valence electrons. The van der Waals surface area contributed by atoms with Crippen LogP contribution >= 0.6 is 0 Å². The van der Waals surface area contributed by atoms with Crippen molar-refractivity contribution < 1.29 is 9.22 Å². The van der Waals surface area contributed by atoms with Gasteiger partial charge in [-0.15, -0.1) is 0 Å². The predicted molar refractivity (Wildman–Crippen MR) is 34.4 cm³/mol. The van der Waals surface area contributed by atoms with E-state index in [4.69, 9.17) is 4.43 Å². The SMILES string of the molecule is CNC(=O)O[SiH](C)C. The van der Waals surface area contributed by atoms with Crippen LogP contribution in [-0.2, 0) is 4.43 Å². The molecule has 0 spiro atoms. The van der Waals surface area contributed by atoms with E-state index in [1.54, 1.807) is 7.05 Å². The molecule has 0 radical (unpaired) electrons. The van der Waals surface area contributed by atoms with E-state index in [-0.39, 0.29) is 6.09 Å². The summed E-state index contributed by atoms with van der Waals surface area (Å²) in [5.74, 6) is 0. The van der Waals surface area contributed by atoms with Crippen molar-refractivity contribution >= 4 is 15.1 Å². The van der Waals surface area contributed by atoms with Crippen LogP contribution in [0.1, 0.15) is 0 Å². The zero-order chi connectivity index (χ0) is 6.57. The Morgan fingerprint density at radius 1 is 1.62 bits per heavy atom. The first-order valence-corrected chi connectivity index (χ1v) is 5.33. The second-order valence-corrected chi connectivity index (χ2v) is 4.04. The molecule has 0 aliphatic heterocycles. The molecule has 0 aliphatic carbocycles. The number of rotatable bonds is 1. The van der Waals surface area contributed by atoms with E-state index in [1.807, 2.05) is 13.1 Å². The molecule has 0 heterocycles. The Hall–Kier alpha value is -0.513. The van der Waals surface area contributed by atoms with Crippen molar-refractivity contribution in [3.05, 3.63) is 0 Å². The second kappa shape index (κ2) is 3.48. The summed E-state index contributed by atoms with van der Waals surface area (Å²) in [6, 6.07) is 0. The third kappa shape index (κ3) is 3.67. The van der Waals surface area contributed by atoms with Gasteiger partial charge in [0.05, 0.1) is 0 Å². The third-order valence-corrected chi connectivity index (χ3v) is 1.23. The van der Waals surface area contributed by atoms with Gasteiger partial charge in [-0.3, -0.25) is 0 Å². The van der Waals surface area contributed by atoms with Crippen LogP contribution in [0, 0.1) is 0 Å². The largest absolute Gasteiger partial charge is 0.507 e. The van der Waals surface area contributed by atoms with Gasteiger partial charge >= 0.3 is 6.09 Å². The Labute approximate surface area is 50.8 Å². The Kier molecular flexibility index (Phi) is 3.26. The number of hydrogen-bond donors (Lipinski definition) is 1. The Morgan fingerprint density at radius 2 is 2.12 bits per heavy atom. The molecule has 8 heavy (non-hydrogen) atoms. The summed E-state index contributed by atoms with van der Waals surface area (Å²) in [4.78, 5) is 10.3. The lowest BCUT2D eigenvalue weighted by Crippen LogP contribution is -2.24. The summed E-state index contributed by atoms with van der Waals surface area (Å²) in [7, 11) is 0.397. The zero-order valence-electron chi connectivity index (χ0n) is 5.39. The lowest BCUT2D eigenvalue weighted by Gasteiger charge is -2.04. The highest BCUT2D eigenvalue weighted by Gasteiger charge is 2.00. The molecule has 0 saturated carbocycles. The molecule has 0 aliphatic rings. The first kappa shape index (κ1) is 7.49. The van der Waals surface area contributed by atoms with Crippen molar-refractivity contribution in [2.45, 2.75) is 13.1 Å². The number of carbonyl (C=O) groups is 1. The first-order valence-electron chi connectivity index (χ1n) is 2.55. The van der Waals surface area contributed by atoms with E-state index in [1.165, 1.54) is 0 Å². The number of carbonyl (C=O) groups excluding carboxylic acids is 1. The van der Waals surface area contributed by atoms with E-state index >= 15 is 0 Å². The molecule has 0 atom stereocenters. The van der Waals surface area contributed by atoms with Gasteiger partial charge in [-0.05, 0) is 13.1 Å².